The molecule has 5 aliphatic rings. The zero-order chi connectivity index (χ0) is 30.9. The van der Waals surface area contributed by atoms with Crippen LogP contribution in [0.25, 0.3) is 11.1 Å². The maximum Gasteiger partial charge on any atom is 2.00 e. The second-order valence-electron chi connectivity index (χ2n) is 18.5. The van der Waals surface area contributed by atoms with Gasteiger partial charge in [0.1, 0.15) is 0 Å². The van der Waals surface area contributed by atoms with Crippen LogP contribution in [0.4, 0.5) is 0 Å². The van der Waals surface area contributed by atoms with E-state index in [2.05, 4.69) is 131 Å². The summed E-state index contributed by atoms with van der Waals surface area (Å²) >= 11 is 0. The van der Waals surface area contributed by atoms with E-state index < -0.39 is 0 Å². The summed E-state index contributed by atoms with van der Waals surface area (Å²) < 4.78 is 0. The summed E-state index contributed by atoms with van der Waals surface area (Å²) in [4.78, 5) is 0. The van der Waals surface area contributed by atoms with Crippen LogP contribution in [-0.2, 0) is 37.0 Å². The second kappa shape index (κ2) is 12.5. The van der Waals surface area contributed by atoms with Gasteiger partial charge in [-0.25, -0.2) is 0 Å². The van der Waals surface area contributed by atoms with Crippen molar-refractivity contribution in [2.75, 3.05) is 0 Å². The average molecular weight is 735 g/mol. The molecule has 0 radical (unpaired) electrons. The van der Waals surface area contributed by atoms with Gasteiger partial charge in [-0.05, 0) is 110 Å². The average Bonchev–Trinajstić information content (AvgIpc) is 3.71. The van der Waals surface area contributed by atoms with Crippen molar-refractivity contribution in [2.24, 2.45) is 40.4 Å². The van der Waals surface area contributed by atoms with Crippen LogP contribution in [0.15, 0.2) is 71.3 Å². The third-order valence-electron chi connectivity index (χ3n) is 12.6. The van der Waals surface area contributed by atoms with E-state index >= 15 is 0 Å². The number of rotatable bonds is 3. The van der Waals surface area contributed by atoms with Crippen LogP contribution in [0.1, 0.15) is 130 Å². The van der Waals surface area contributed by atoms with Crippen molar-refractivity contribution < 1.29 is 51.0 Å². The number of allylic oxidation sites excluding steroid dienone is 6. The topological polar surface area (TPSA) is 0 Å². The molecular formula is C43H56Cl2Zr. The minimum Gasteiger partial charge on any atom is -1.00 e. The molecule has 6 atom stereocenters. The zero-order valence-corrected chi connectivity index (χ0v) is 34.2. The molecule has 0 aromatic heterocycles. The molecule has 1 fully saturated rings. The maximum atomic E-state index is 2.75. The molecule has 0 spiro atoms. The molecule has 46 heavy (non-hydrogen) atoms. The van der Waals surface area contributed by atoms with E-state index in [-0.39, 0.29) is 72.7 Å². The Morgan fingerprint density at radius 2 is 1.43 bits per heavy atom. The molecule has 0 heterocycles. The second-order valence-corrected chi connectivity index (χ2v) is 18.5. The Morgan fingerprint density at radius 1 is 0.761 bits per heavy atom. The zero-order valence-electron chi connectivity index (χ0n) is 30.2. The van der Waals surface area contributed by atoms with Crippen LogP contribution in [0.2, 0.25) is 0 Å². The SMILES string of the molecule is CC(C)C1(C2c3ccccc3-c3ccc(C(C)(C)C)c(C(C)(C)C)c32)CC(C2CC3C=CC2C3)C2=C1C=C(C(C)(C)C)C2.[Cl-].[Cl-].[Zr+2]. The maximum absolute atomic E-state index is 2.75. The van der Waals surface area contributed by atoms with Gasteiger partial charge in [0, 0.05) is 11.3 Å². The van der Waals surface area contributed by atoms with Gasteiger partial charge in [-0.3, -0.25) is 0 Å². The van der Waals surface area contributed by atoms with Gasteiger partial charge in [0.2, 0.25) is 0 Å². The molecule has 7 rings (SSSR count). The van der Waals surface area contributed by atoms with E-state index in [1.807, 2.05) is 5.57 Å². The van der Waals surface area contributed by atoms with Crippen molar-refractivity contribution in [3.8, 4) is 11.1 Å². The Kier molecular flexibility index (Phi) is 10.3. The Hall–Kier alpha value is -0.877. The number of fused-ring (bicyclic) bond motifs is 5. The van der Waals surface area contributed by atoms with Gasteiger partial charge in [0.15, 0.2) is 0 Å². The summed E-state index contributed by atoms with van der Waals surface area (Å²) in [5.74, 6) is 4.05. The first kappa shape index (κ1) is 37.9. The molecule has 5 aliphatic carbocycles. The minimum absolute atomic E-state index is 0. The van der Waals surface area contributed by atoms with Crippen molar-refractivity contribution in [1.82, 2.24) is 0 Å². The molecule has 2 aromatic rings. The molecule has 6 unspecified atom stereocenters. The Morgan fingerprint density at radius 3 is 1.98 bits per heavy atom. The van der Waals surface area contributed by atoms with Crippen LogP contribution < -0.4 is 24.8 Å². The molecule has 0 aliphatic heterocycles. The Balaban J connectivity index is 0.00000160. The summed E-state index contributed by atoms with van der Waals surface area (Å²) in [6.07, 6.45) is 13.2. The summed E-state index contributed by atoms with van der Waals surface area (Å²) in [5.41, 5.74) is 15.1. The summed E-state index contributed by atoms with van der Waals surface area (Å²) in [6.45, 7) is 27.1. The van der Waals surface area contributed by atoms with Gasteiger partial charge in [-0.1, -0.05) is 142 Å². The minimum atomic E-state index is 0. The van der Waals surface area contributed by atoms with E-state index in [1.54, 1.807) is 27.8 Å². The molecule has 2 bridgehead atoms. The predicted octanol–water partition coefficient (Wildman–Crippen LogP) is 5.95. The summed E-state index contributed by atoms with van der Waals surface area (Å²) in [6, 6.07) is 14.5. The molecule has 0 amide bonds. The van der Waals surface area contributed by atoms with Gasteiger partial charge in [-0.2, -0.15) is 0 Å². The largest absolute Gasteiger partial charge is 2.00 e. The fourth-order valence-electron chi connectivity index (χ4n) is 10.6. The third kappa shape index (κ3) is 5.58. The summed E-state index contributed by atoms with van der Waals surface area (Å²) in [7, 11) is 0. The van der Waals surface area contributed by atoms with Crippen LogP contribution in [0, 0.1) is 40.4 Å². The number of benzene rings is 2. The quantitative estimate of drug-likeness (QED) is 0.343. The smallest absolute Gasteiger partial charge is 1.00 e. The molecule has 3 heteroatoms. The van der Waals surface area contributed by atoms with Gasteiger partial charge in [-0.15, -0.1) is 0 Å². The van der Waals surface area contributed by atoms with Crippen molar-refractivity contribution in [1.29, 1.82) is 0 Å². The fourth-order valence-corrected chi connectivity index (χ4v) is 10.6. The Labute approximate surface area is 312 Å². The number of hydrogen-bond acceptors (Lipinski definition) is 0. The van der Waals surface area contributed by atoms with Crippen molar-refractivity contribution in [3.05, 3.63) is 93.6 Å². The van der Waals surface area contributed by atoms with Crippen LogP contribution >= 0.6 is 0 Å². The molecule has 0 nitrogen and oxygen atoms in total. The fraction of sp³-hybridized carbons (Fsp3) is 0.581. The first-order chi connectivity index (χ1) is 20.0. The normalized spacial score (nSPS) is 29.2. The molecule has 0 saturated heterocycles. The monoisotopic (exact) mass is 732 g/mol. The molecule has 0 N–H and O–H groups in total. The summed E-state index contributed by atoms with van der Waals surface area (Å²) in [5, 5.41) is 0. The van der Waals surface area contributed by atoms with Gasteiger partial charge >= 0.3 is 26.2 Å². The first-order valence-electron chi connectivity index (χ1n) is 17.4. The molecule has 1 saturated carbocycles. The number of hydrogen-bond donors (Lipinski definition) is 0. The molecular weight excluding hydrogens is 679 g/mol. The van der Waals surface area contributed by atoms with Crippen LogP contribution in [0.3, 0.4) is 0 Å². The predicted molar refractivity (Wildman–Crippen MR) is 185 cm³/mol. The van der Waals surface area contributed by atoms with Gasteiger partial charge in [0.25, 0.3) is 0 Å². The first-order valence-corrected chi connectivity index (χ1v) is 17.4. The van der Waals surface area contributed by atoms with E-state index in [4.69, 9.17) is 0 Å². The standard InChI is InChI=1S/C43H56.2ClH.Zr/c1-25(2)43(24-34(32-21-26-16-17-27(32)20-26)33-22-28(23-36(33)43)40(3,4)5)38-31-15-13-12-14-29(31)30-18-19-35(41(6,7)8)39(37(30)38)42(9,10)11;;;/h12-19,23,25-27,32,34,38H,20-22,24H2,1-11H3;2*1H;/q;;;+2/p-2. The number of halogens is 2. The third-order valence-corrected chi connectivity index (χ3v) is 12.6. The molecule has 2 aromatic carbocycles. The van der Waals surface area contributed by atoms with E-state index in [1.165, 1.54) is 42.4 Å². The van der Waals surface area contributed by atoms with Crippen molar-refractivity contribution in [2.45, 2.75) is 119 Å². The van der Waals surface area contributed by atoms with E-state index in [0.717, 1.165) is 17.8 Å². The van der Waals surface area contributed by atoms with E-state index in [0.29, 0.717) is 17.8 Å². The van der Waals surface area contributed by atoms with Crippen molar-refractivity contribution >= 4 is 0 Å². The van der Waals surface area contributed by atoms with Gasteiger partial charge in [0.05, 0.1) is 0 Å². The van der Waals surface area contributed by atoms with Gasteiger partial charge < -0.3 is 24.8 Å². The van der Waals surface area contributed by atoms with Crippen LogP contribution in [-0.4, -0.2) is 0 Å². The molecule has 246 valence electrons. The Bertz CT molecular complexity index is 1580. The van der Waals surface area contributed by atoms with Crippen molar-refractivity contribution in [3.63, 3.8) is 0 Å². The van der Waals surface area contributed by atoms with E-state index in [9.17, 15) is 0 Å². The van der Waals surface area contributed by atoms with Crippen LogP contribution in [0.5, 0.6) is 0 Å².